The maximum absolute atomic E-state index is 13.1. The van der Waals surface area contributed by atoms with Crippen molar-refractivity contribution < 1.29 is 12.8 Å². The molecule has 0 aliphatic carbocycles. The monoisotopic (exact) mass is 440 g/mol. The predicted octanol–water partition coefficient (Wildman–Crippen LogP) is 3.78. The van der Waals surface area contributed by atoms with Crippen molar-refractivity contribution in [3.05, 3.63) is 50.3 Å². The quantitative estimate of drug-likeness (QED) is 0.564. The van der Waals surface area contributed by atoms with Crippen LogP contribution in [0.4, 0.5) is 15.8 Å². The van der Waals surface area contributed by atoms with E-state index in [1.54, 1.807) is 6.92 Å². The standard InChI is InChI=1S/C13H11ClFIN2O2S/c1-7-11(17)4-8(14)5-13(7)21(19,20)18-12-3-2-9(15)6-10(12)16/h2-6,18H,17H2,1H3. The molecule has 0 radical (unpaired) electrons. The molecule has 0 aliphatic rings. The minimum atomic E-state index is -3.87. The lowest BCUT2D eigenvalue weighted by Crippen LogP contribution is -2.16. The second-order valence-corrected chi connectivity index (χ2v) is 7.60. The molecule has 3 N–H and O–H groups in total. The van der Waals surface area contributed by atoms with Crippen LogP contribution in [0.15, 0.2) is 35.2 Å². The van der Waals surface area contributed by atoms with Crippen molar-refractivity contribution in [3.8, 4) is 0 Å². The van der Waals surface area contributed by atoms with Crippen LogP contribution in [0.1, 0.15) is 5.56 Å². The smallest absolute Gasteiger partial charge is 0.262 e. The Morgan fingerprint density at radius 2 is 1.95 bits per heavy atom. The number of nitrogens with one attached hydrogen (secondary N) is 1. The van der Waals surface area contributed by atoms with Crippen molar-refractivity contribution in [2.45, 2.75) is 11.8 Å². The summed E-state index contributed by atoms with van der Waals surface area (Å²) in [6.07, 6.45) is 0. The molecule has 0 amide bonds. The van der Waals surface area contributed by atoms with Gasteiger partial charge in [0.1, 0.15) is 5.82 Å². The topological polar surface area (TPSA) is 72.2 Å². The molecule has 0 bridgehead atoms. The van der Waals surface area contributed by atoms with Crippen LogP contribution >= 0.6 is 34.2 Å². The summed E-state index contributed by atoms with van der Waals surface area (Å²) in [7, 11) is -3.87. The first kappa shape index (κ1) is 16.3. The van der Waals surface area contributed by atoms with Crippen LogP contribution in [-0.4, -0.2) is 8.42 Å². The number of halogens is 3. The molecule has 0 atom stereocenters. The molecule has 2 aromatic carbocycles. The third-order valence-corrected chi connectivity index (χ3v) is 5.43. The second-order valence-electron chi connectivity index (χ2n) is 4.35. The SMILES string of the molecule is Cc1c(N)cc(Cl)cc1S(=O)(=O)Nc1ccc(F)cc1I. The maximum atomic E-state index is 13.1. The normalized spacial score (nSPS) is 11.4. The van der Waals surface area contributed by atoms with Crippen LogP contribution in [0.5, 0.6) is 0 Å². The fourth-order valence-electron chi connectivity index (χ4n) is 1.73. The molecule has 0 spiro atoms. The molecule has 2 rings (SSSR count). The van der Waals surface area contributed by atoms with Gasteiger partial charge in [0.05, 0.1) is 10.6 Å². The largest absolute Gasteiger partial charge is 0.398 e. The summed E-state index contributed by atoms with van der Waals surface area (Å²) in [5.74, 6) is -0.439. The number of rotatable bonds is 3. The van der Waals surface area contributed by atoms with Gasteiger partial charge in [-0.25, -0.2) is 12.8 Å². The molecule has 112 valence electrons. The van der Waals surface area contributed by atoms with Gasteiger partial charge in [0.15, 0.2) is 0 Å². The predicted molar refractivity (Wildman–Crippen MR) is 90.5 cm³/mol. The van der Waals surface area contributed by atoms with E-state index in [4.69, 9.17) is 17.3 Å². The summed E-state index contributed by atoms with van der Waals surface area (Å²) >= 11 is 7.71. The first-order valence-electron chi connectivity index (χ1n) is 5.74. The molecule has 0 unspecified atom stereocenters. The second kappa shape index (κ2) is 5.98. The van der Waals surface area contributed by atoms with Gasteiger partial charge in [0.2, 0.25) is 0 Å². The molecule has 8 heteroatoms. The summed E-state index contributed by atoms with van der Waals surface area (Å²) in [6, 6.07) is 6.58. The van der Waals surface area contributed by atoms with Crippen LogP contribution in [-0.2, 0) is 10.0 Å². The van der Waals surface area contributed by atoms with E-state index in [1.165, 1.54) is 30.3 Å². The maximum Gasteiger partial charge on any atom is 0.262 e. The summed E-state index contributed by atoms with van der Waals surface area (Å²) < 4.78 is 40.8. The lowest BCUT2D eigenvalue weighted by molar-refractivity contribution is 0.600. The highest BCUT2D eigenvalue weighted by Crippen LogP contribution is 2.29. The highest BCUT2D eigenvalue weighted by atomic mass is 127. The molecule has 0 aliphatic heterocycles. The van der Waals surface area contributed by atoms with Crippen LogP contribution in [0.2, 0.25) is 5.02 Å². The van der Waals surface area contributed by atoms with Crippen molar-refractivity contribution in [1.29, 1.82) is 0 Å². The van der Waals surface area contributed by atoms with Crippen LogP contribution in [0, 0.1) is 16.3 Å². The number of nitrogen functional groups attached to an aromatic ring is 1. The Hall–Kier alpha value is -1.06. The Morgan fingerprint density at radius 3 is 2.57 bits per heavy atom. The fourth-order valence-corrected chi connectivity index (χ4v) is 4.19. The van der Waals surface area contributed by atoms with Gasteiger partial charge < -0.3 is 5.73 Å². The third-order valence-electron chi connectivity index (χ3n) is 2.83. The van der Waals surface area contributed by atoms with Crippen molar-refractivity contribution in [1.82, 2.24) is 0 Å². The highest BCUT2D eigenvalue weighted by Gasteiger charge is 2.20. The molecule has 0 fully saturated rings. The van der Waals surface area contributed by atoms with E-state index in [2.05, 4.69) is 4.72 Å². The van der Waals surface area contributed by atoms with Gasteiger partial charge in [-0.05, 0) is 65.4 Å². The Balaban J connectivity index is 2.48. The molecule has 21 heavy (non-hydrogen) atoms. The number of hydrogen-bond donors (Lipinski definition) is 2. The zero-order valence-corrected chi connectivity index (χ0v) is 14.6. The molecule has 0 saturated carbocycles. The molecule has 0 heterocycles. The Bertz CT molecular complexity index is 812. The Kier molecular flexibility index (Phi) is 4.64. The number of sulfonamides is 1. The van der Waals surface area contributed by atoms with Gasteiger partial charge in [0.25, 0.3) is 10.0 Å². The zero-order valence-electron chi connectivity index (χ0n) is 10.8. The van der Waals surface area contributed by atoms with E-state index >= 15 is 0 Å². The van der Waals surface area contributed by atoms with E-state index in [1.807, 2.05) is 22.6 Å². The van der Waals surface area contributed by atoms with Crippen LogP contribution in [0.25, 0.3) is 0 Å². The van der Waals surface area contributed by atoms with Crippen LogP contribution < -0.4 is 10.5 Å². The average molecular weight is 441 g/mol. The molecule has 0 saturated heterocycles. The zero-order chi connectivity index (χ0) is 15.8. The van der Waals surface area contributed by atoms with Crippen molar-refractivity contribution in [2.24, 2.45) is 0 Å². The third kappa shape index (κ3) is 3.58. The molecular formula is C13H11ClFIN2O2S. The number of anilines is 2. The summed E-state index contributed by atoms with van der Waals surface area (Å²) in [5, 5.41) is 0.229. The van der Waals surface area contributed by atoms with E-state index in [9.17, 15) is 12.8 Å². The van der Waals surface area contributed by atoms with E-state index in [-0.39, 0.29) is 21.3 Å². The van der Waals surface area contributed by atoms with Crippen molar-refractivity contribution in [3.63, 3.8) is 0 Å². The molecular weight excluding hydrogens is 430 g/mol. The number of nitrogens with two attached hydrogens (primary N) is 1. The molecule has 2 aromatic rings. The van der Waals surface area contributed by atoms with Gasteiger partial charge in [-0.3, -0.25) is 4.72 Å². The van der Waals surface area contributed by atoms with Crippen molar-refractivity contribution >= 4 is 55.6 Å². The first-order chi connectivity index (χ1) is 9.70. The van der Waals surface area contributed by atoms with Gasteiger partial charge in [-0.2, -0.15) is 0 Å². The Labute approximate surface area is 140 Å². The van der Waals surface area contributed by atoms with Gasteiger partial charge in [0, 0.05) is 14.3 Å². The van der Waals surface area contributed by atoms with E-state index in [0.29, 0.717) is 9.13 Å². The average Bonchev–Trinajstić information content (AvgIpc) is 2.37. The van der Waals surface area contributed by atoms with Crippen LogP contribution in [0.3, 0.4) is 0 Å². The van der Waals surface area contributed by atoms with Gasteiger partial charge in [-0.1, -0.05) is 11.6 Å². The Morgan fingerprint density at radius 1 is 1.29 bits per heavy atom. The summed E-state index contributed by atoms with van der Waals surface area (Å²) in [5.41, 5.74) is 6.72. The van der Waals surface area contributed by atoms with E-state index < -0.39 is 15.8 Å². The summed E-state index contributed by atoms with van der Waals surface area (Å²) in [6.45, 7) is 1.59. The highest BCUT2D eigenvalue weighted by molar-refractivity contribution is 14.1. The fraction of sp³-hybridized carbons (Fsp3) is 0.0769. The summed E-state index contributed by atoms with van der Waals surface area (Å²) in [4.78, 5) is -0.00683. The van der Waals surface area contributed by atoms with Gasteiger partial charge >= 0.3 is 0 Å². The number of benzene rings is 2. The van der Waals surface area contributed by atoms with Crippen molar-refractivity contribution in [2.75, 3.05) is 10.5 Å². The minimum Gasteiger partial charge on any atom is -0.398 e. The minimum absolute atomic E-state index is 0.00683. The lowest BCUT2D eigenvalue weighted by atomic mass is 10.2. The first-order valence-corrected chi connectivity index (χ1v) is 8.68. The van der Waals surface area contributed by atoms with E-state index in [0.717, 1.165) is 0 Å². The number of hydrogen-bond acceptors (Lipinski definition) is 3. The van der Waals surface area contributed by atoms with Gasteiger partial charge in [-0.15, -0.1) is 0 Å². The molecule has 4 nitrogen and oxygen atoms in total. The lowest BCUT2D eigenvalue weighted by Gasteiger charge is -2.13. The molecule has 0 aromatic heterocycles.